The van der Waals surface area contributed by atoms with Crippen molar-refractivity contribution in [1.82, 2.24) is 10.3 Å². The van der Waals surface area contributed by atoms with Crippen LogP contribution in [0, 0.1) is 0 Å². The van der Waals surface area contributed by atoms with Crippen LogP contribution < -0.4 is 10.1 Å². The first kappa shape index (κ1) is 14.5. The molecule has 0 unspecified atom stereocenters. The molecule has 0 saturated heterocycles. The normalized spacial score (nSPS) is 11.4. The highest BCUT2D eigenvalue weighted by molar-refractivity contribution is 5.35. The number of hydrogen-bond donors (Lipinski definition) is 1. The van der Waals surface area contributed by atoms with E-state index in [0.717, 1.165) is 17.9 Å². The Labute approximate surface area is 121 Å². The van der Waals surface area contributed by atoms with Crippen molar-refractivity contribution < 1.29 is 4.74 Å². The summed E-state index contributed by atoms with van der Waals surface area (Å²) in [6.45, 7) is 7.34. The Morgan fingerprint density at radius 1 is 1.10 bits per heavy atom. The van der Waals surface area contributed by atoms with E-state index in [-0.39, 0.29) is 5.41 Å². The monoisotopic (exact) mass is 270 g/mol. The zero-order valence-electron chi connectivity index (χ0n) is 12.6. The van der Waals surface area contributed by atoms with Crippen LogP contribution in [0.2, 0.25) is 0 Å². The number of nitrogens with one attached hydrogen (secondary N) is 1. The van der Waals surface area contributed by atoms with Crippen LogP contribution in [0.3, 0.4) is 0 Å². The van der Waals surface area contributed by atoms with Gasteiger partial charge in [0.1, 0.15) is 5.75 Å². The van der Waals surface area contributed by atoms with E-state index in [1.54, 1.807) is 6.20 Å². The minimum absolute atomic E-state index is 0.154. The maximum absolute atomic E-state index is 5.88. The third-order valence-corrected chi connectivity index (χ3v) is 3.15. The third kappa shape index (κ3) is 3.58. The van der Waals surface area contributed by atoms with Gasteiger partial charge in [0.15, 0.2) is 0 Å². The number of aromatic nitrogens is 1. The van der Waals surface area contributed by atoms with Gasteiger partial charge in [-0.2, -0.15) is 0 Å². The molecule has 0 saturated carbocycles. The fraction of sp³-hybridized carbons (Fsp3) is 0.353. The second-order valence-electron chi connectivity index (χ2n) is 5.87. The van der Waals surface area contributed by atoms with Crippen LogP contribution in [-0.4, -0.2) is 12.0 Å². The Bertz CT molecular complexity index is 556. The van der Waals surface area contributed by atoms with E-state index in [4.69, 9.17) is 4.74 Å². The number of hydrogen-bond acceptors (Lipinski definition) is 3. The van der Waals surface area contributed by atoms with Crippen molar-refractivity contribution >= 4 is 0 Å². The summed E-state index contributed by atoms with van der Waals surface area (Å²) in [5.74, 6) is 1.47. The summed E-state index contributed by atoms with van der Waals surface area (Å²) in [7, 11) is 1.91. The van der Waals surface area contributed by atoms with Gasteiger partial charge in [-0.05, 0) is 36.2 Å². The van der Waals surface area contributed by atoms with Gasteiger partial charge in [0.05, 0.1) is 0 Å². The quantitative estimate of drug-likeness (QED) is 0.915. The summed E-state index contributed by atoms with van der Waals surface area (Å²) in [6.07, 6.45) is 1.75. The smallest absolute Gasteiger partial charge is 0.223 e. The number of nitrogens with zero attached hydrogens (tertiary/aromatic N) is 1. The van der Waals surface area contributed by atoms with Crippen molar-refractivity contribution in [3.63, 3.8) is 0 Å². The molecule has 3 nitrogen and oxygen atoms in total. The van der Waals surface area contributed by atoms with Crippen LogP contribution in [0.4, 0.5) is 0 Å². The Morgan fingerprint density at radius 2 is 1.80 bits per heavy atom. The lowest BCUT2D eigenvalue weighted by Gasteiger charge is -2.19. The second-order valence-corrected chi connectivity index (χ2v) is 5.87. The van der Waals surface area contributed by atoms with Crippen LogP contribution >= 0.6 is 0 Å². The molecule has 0 aliphatic carbocycles. The Kier molecular flexibility index (Phi) is 4.40. The molecule has 1 heterocycles. The molecule has 3 heteroatoms. The number of pyridine rings is 1. The first-order valence-electron chi connectivity index (χ1n) is 6.87. The predicted molar refractivity (Wildman–Crippen MR) is 82.2 cm³/mol. The number of ether oxygens (including phenoxy) is 1. The molecule has 2 rings (SSSR count). The van der Waals surface area contributed by atoms with Crippen molar-refractivity contribution in [2.75, 3.05) is 7.05 Å². The van der Waals surface area contributed by atoms with Crippen LogP contribution in [0.15, 0.2) is 42.6 Å². The third-order valence-electron chi connectivity index (χ3n) is 3.15. The van der Waals surface area contributed by atoms with Crippen LogP contribution in [0.1, 0.15) is 31.9 Å². The maximum Gasteiger partial charge on any atom is 0.223 e. The largest absolute Gasteiger partial charge is 0.439 e. The standard InChI is InChI=1S/C17H22N2O/c1-17(2,3)14-7-9-15(10-8-14)20-16-13(12-18-4)6-5-11-19-16/h5-11,18H,12H2,1-4H3. The zero-order chi connectivity index (χ0) is 14.6. The van der Waals surface area contributed by atoms with E-state index in [0.29, 0.717) is 5.88 Å². The second kappa shape index (κ2) is 6.06. The molecular weight excluding hydrogens is 248 g/mol. The van der Waals surface area contributed by atoms with Crippen LogP contribution in [-0.2, 0) is 12.0 Å². The summed E-state index contributed by atoms with van der Waals surface area (Å²) < 4.78 is 5.88. The molecule has 0 atom stereocenters. The van der Waals surface area contributed by atoms with Gasteiger partial charge >= 0.3 is 0 Å². The highest BCUT2D eigenvalue weighted by Crippen LogP contribution is 2.27. The molecule has 0 aliphatic rings. The summed E-state index contributed by atoms with van der Waals surface area (Å²) in [5, 5.41) is 3.12. The van der Waals surface area contributed by atoms with Gasteiger partial charge < -0.3 is 10.1 Å². The maximum atomic E-state index is 5.88. The highest BCUT2D eigenvalue weighted by Gasteiger charge is 2.13. The van der Waals surface area contributed by atoms with Gasteiger partial charge in [-0.25, -0.2) is 4.98 Å². The lowest BCUT2D eigenvalue weighted by Crippen LogP contribution is -2.10. The molecule has 1 N–H and O–H groups in total. The van der Waals surface area contributed by atoms with E-state index in [1.807, 2.05) is 31.3 Å². The van der Waals surface area contributed by atoms with E-state index >= 15 is 0 Å². The topological polar surface area (TPSA) is 34.2 Å². The Morgan fingerprint density at radius 3 is 2.40 bits per heavy atom. The molecule has 1 aromatic carbocycles. The van der Waals surface area contributed by atoms with Crippen molar-refractivity contribution in [3.8, 4) is 11.6 Å². The Balaban J connectivity index is 2.18. The van der Waals surface area contributed by atoms with Crippen molar-refractivity contribution in [3.05, 3.63) is 53.7 Å². The summed E-state index contributed by atoms with van der Waals surface area (Å²) in [6, 6.07) is 12.1. The minimum Gasteiger partial charge on any atom is -0.439 e. The molecular formula is C17H22N2O. The molecule has 0 fully saturated rings. The van der Waals surface area contributed by atoms with Gasteiger partial charge in [0.25, 0.3) is 0 Å². The summed E-state index contributed by atoms with van der Waals surface area (Å²) in [5.41, 5.74) is 2.50. The van der Waals surface area contributed by atoms with Crippen molar-refractivity contribution in [2.45, 2.75) is 32.7 Å². The summed E-state index contributed by atoms with van der Waals surface area (Å²) in [4.78, 5) is 4.30. The average molecular weight is 270 g/mol. The molecule has 0 bridgehead atoms. The molecule has 0 amide bonds. The first-order valence-corrected chi connectivity index (χ1v) is 6.87. The molecule has 0 radical (unpaired) electrons. The molecule has 20 heavy (non-hydrogen) atoms. The molecule has 2 aromatic rings. The molecule has 1 aromatic heterocycles. The number of benzene rings is 1. The summed E-state index contributed by atoms with van der Waals surface area (Å²) >= 11 is 0. The first-order chi connectivity index (χ1) is 9.50. The average Bonchev–Trinajstić information content (AvgIpc) is 2.41. The van der Waals surface area contributed by atoms with E-state index in [2.05, 4.69) is 43.2 Å². The Hall–Kier alpha value is -1.87. The van der Waals surface area contributed by atoms with Crippen LogP contribution in [0.25, 0.3) is 0 Å². The van der Waals surface area contributed by atoms with Gasteiger partial charge in [-0.15, -0.1) is 0 Å². The molecule has 0 aliphatic heterocycles. The van der Waals surface area contributed by atoms with Gasteiger partial charge in [0.2, 0.25) is 5.88 Å². The number of rotatable bonds is 4. The van der Waals surface area contributed by atoms with E-state index in [1.165, 1.54) is 5.56 Å². The van der Waals surface area contributed by atoms with Gasteiger partial charge in [-0.1, -0.05) is 39.0 Å². The van der Waals surface area contributed by atoms with Crippen LogP contribution in [0.5, 0.6) is 11.6 Å². The zero-order valence-corrected chi connectivity index (χ0v) is 12.6. The predicted octanol–water partition coefficient (Wildman–Crippen LogP) is 3.89. The van der Waals surface area contributed by atoms with Gasteiger partial charge in [0, 0.05) is 18.3 Å². The molecule has 106 valence electrons. The minimum atomic E-state index is 0.154. The SMILES string of the molecule is CNCc1cccnc1Oc1ccc(C(C)(C)C)cc1. The van der Waals surface area contributed by atoms with Gasteiger partial charge in [-0.3, -0.25) is 0 Å². The van der Waals surface area contributed by atoms with E-state index in [9.17, 15) is 0 Å². The van der Waals surface area contributed by atoms with Crippen molar-refractivity contribution in [2.24, 2.45) is 0 Å². The lowest BCUT2D eigenvalue weighted by molar-refractivity contribution is 0.453. The van der Waals surface area contributed by atoms with Crippen molar-refractivity contribution in [1.29, 1.82) is 0 Å². The molecule has 0 spiro atoms. The fourth-order valence-corrected chi connectivity index (χ4v) is 1.98. The lowest BCUT2D eigenvalue weighted by atomic mass is 9.87. The van der Waals surface area contributed by atoms with E-state index < -0.39 is 0 Å². The fourth-order valence-electron chi connectivity index (χ4n) is 1.98. The highest BCUT2D eigenvalue weighted by atomic mass is 16.5.